The summed E-state index contributed by atoms with van der Waals surface area (Å²) >= 11 is 0. The number of nitrogens with two attached hydrogens (primary N) is 1. The number of rotatable bonds is 1. The number of hydrogen-bond donors (Lipinski definition) is 2. The van der Waals surface area contributed by atoms with Gasteiger partial charge in [-0.25, -0.2) is 0 Å². The van der Waals surface area contributed by atoms with Gasteiger partial charge in [0, 0.05) is 0 Å². The SMILES string of the molecule is CC(C)(C)Oc1nc(N)c2c(n1)[N+]=CN2. The van der Waals surface area contributed by atoms with Crippen LogP contribution in [0.3, 0.4) is 0 Å². The van der Waals surface area contributed by atoms with E-state index in [9.17, 15) is 0 Å². The van der Waals surface area contributed by atoms with Crippen molar-refractivity contribution in [3.05, 3.63) is 0 Å². The maximum absolute atomic E-state index is 5.72. The van der Waals surface area contributed by atoms with Gasteiger partial charge in [-0.3, -0.25) is 5.32 Å². The van der Waals surface area contributed by atoms with E-state index in [0.717, 1.165) is 0 Å². The molecule has 1 aliphatic rings. The average Bonchev–Trinajstić information content (AvgIpc) is 2.48. The fourth-order valence-electron chi connectivity index (χ4n) is 1.15. The summed E-state index contributed by atoms with van der Waals surface area (Å²) in [5.74, 6) is 0.860. The minimum Gasteiger partial charge on any atom is -0.445 e. The number of hydrogen-bond acceptors (Lipinski definition) is 6. The first-order valence-electron chi connectivity index (χ1n) is 4.61. The lowest BCUT2D eigenvalue weighted by molar-refractivity contribution is 0.117. The molecule has 1 aromatic rings. The van der Waals surface area contributed by atoms with Gasteiger partial charge in [-0.1, -0.05) is 4.99 Å². The molecule has 2 heterocycles. The first kappa shape index (κ1) is 9.70. The highest BCUT2D eigenvalue weighted by atomic mass is 16.5. The molecule has 0 spiro atoms. The van der Waals surface area contributed by atoms with Crippen LogP contribution in [0.15, 0.2) is 0 Å². The van der Waals surface area contributed by atoms with Gasteiger partial charge < -0.3 is 10.5 Å². The summed E-state index contributed by atoms with van der Waals surface area (Å²) in [7, 11) is 0. The third kappa shape index (κ3) is 1.98. The molecule has 1 aromatic heterocycles. The summed E-state index contributed by atoms with van der Waals surface area (Å²) in [5, 5.41) is 2.86. The predicted molar refractivity (Wildman–Crippen MR) is 58.3 cm³/mol. The third-order valence-electron chi connectivity index (χ3n) is 1.69. The van der Waals surface area contributed by atoms with E-state index in [1.54, 1.807) is 0 Å². The largest absolute Gasteiger partial charge is 0.445 e. The molecule has 0 saturated heterocycles. The van der Waals surface area contributed by atoms with Crippen molar-refractivity contribution in [2.45, 2.75) is 26.4 Å². The standard InChI is InChI=1S/C9H13N5O/c1-9(2,3)15-8-13-6(10)5-7(14-8)12-4-11-5/h4,11H,1-3H3,(H2,10,13,14)/q+1. The van der Waals surface area contributed by atoms with Gasteiger partial charge in [-0.2, -0.15) is 4.98 Å². The normalized spacial score (nSPS) is 13.5. The molecule has 0 amide bonds. The Labute approximate surface area is 87.6 Å². The van der Waals surface area contributed by atoms with Crippen molar-refractivity contribution in [3.8, 4) is 6.01 Å². The maximum Gasteiger partial charge on any atom is 0.398 e. The van der Waals surface area contributed by atoms with E-state index in [1.165, 1.54) is 6.34 Å². The molecular formula is C9H13N5O+. The minimum absolute atomic E-state index is 0.250. The highest BCUT2D eigenvalue weighted by molar-refractivity contribution is 5.92. The van der Waals surface area contributed by atoms with Crippen LogP contribution in [0.4, 0.5) is 17.3 Å². The van der Waals surface area contributed by atoms with Gasteiger partial charge in [0.15, 0.2) is 5.82 Å². The summed E-state index contributed by atoms with van der Waals surface area (Å²) in [6.07, 6.45) is 1.52. The summed E-state index contributed by atoms with van der Waals surface area (Å²) in [6, 6.07) is 0.250. The molecule has 0 atom stereocenters. The molecule has 15 heavy (non-hydrogen) atoms. The van der Waals surface area contributed by atoms with Crippen LogP contribution in [0.25, 0.3) is 0 Å². The summed E-state index contributed by atoms with van der Waals surface area (Å²) in [4.78, 5) is 12.2. The van der Waals surface area contributed by atoms with Crippen molar-refractivity contribution < 1.29 is 4.74 Å². The second-order valence-corrected chi connectivity index (χ2v) is 4.21. The van der Waals surface area contributed by atoms with Crippen LogP contribution in [0.5, 0.6) is 6.01 Å². The smallest absolute Gasteiger partial charge is 0.398 e. The topological polar surface area (TPSA) is 87.2 Å². The lowest BCUT2D eigenvalue weighted by Crippen LogP contribution is -2.24. The van der Waals surface area contributed by atoms with Gasteiger partial charge >= 0.3 is 11.8 Å². The molecule has 2 rings (SSSR count). The van der Waals surface area contributed by atoms with Crippen molar-refractivity contribution in [2.75, 3.05) is 11.1 Å². The van der Waals surface area contributed by atoms with Crippen molar-refractivity contribution >= 4 is 23.7 Å². The molecule has 0 aromatic carbocycles. The van der Waals surface area contributed by atoms with E-state index in [0.29, 0.717) is 17.3 Å². The van der Waals surface area contributed by atoms with E-state index in [1.807, 2.05) is 20.8 Å². The molecule has 0 saturated carbocycles. The van der Waals surface area contributed by atoms with Crippen LogP contribution in [0, 0.1) is 0 Å². The summed E-state index contributed by atoms with van der Waals surface area (Å²) in [5.41, 5.74) is 6.00. The third-order valence-corrected chi connectivity index (χ3v) is 1.69. The summed E-state index contributed by atoms with van der Waals surface area (Å²) < 4.78 is 5.50. The Morgan fingerprint density at radius 3 is 2.80 bits per heavy atom. The van der Waals surface area contributed by atoms with Crippen molar-refractivity contribution in [2.24, 2.45) is 0 Å². The van der Waals surface area contributed by atoms with Gasteiger partial charge in [-0.15, -0.1) is 0 Å². The van der Waals surface area contributed by atoms with Crippen LogP contribution in [-0.4, -0.2) is 21.9 Å². The number of fused-ring (bicyclic) bond motifs is 1. The highest BCUT2D eigenvalue weighted by Crippen LogP contribution is 2.29. The molecule has 79 valence electrons. The molecule has 0 aliphatic carbocycles. The second-order valence-electron chi connectivity index (χ2n) is 4.21. The Kier molecular flexibility index (Phi) is 1.99. The van der Waals surface area contributed by atoms with E-state index in [4.69, 9.17) is 10.5 Å². The lowest BCUT2D eigenvalue weighted by Gasteiger charge is -2.17. The van der Waals surface area contributed by atoms with Crippen LogP contribution in [0.1, 0.15) is 20.8 Å². The Bertz CT molecular complexity index is 421. The van der Waals surface area contributed by atoms with Gasteiger partial charge in [0.25, 0.3) is 0 Å². The zero-order chi connectivity index (χ0) is 11.1. The number of nitrogens with one attached hydrogen (secondary N) is 1. The van der Waals surface area contributed by atoms with E-state index < -0.39 is 0 Å². The second kappa shape index (κ2) is 3.08. The number of ether oxygens (including phenoxy) is 1. The van der Waals surface area contributed by atoms with Crippen LogP contribution < -0.4 is 20.8 Å². The zero-order valence-corrected chi connectivity index (χ0v) is 8.90. The van der Waals surface area contributed by atoms with Crippen LogP contribution in [0.2, 0.25) is 0 Å². The zero-order valence-electron chi connectivity index (χ0n) is 8.90. The van der Waals surface area contributed by atoms with Crippen LogP contribution in [-0.2, 0) is 0 Å². The number of aromatic nitrogens is 2. The van der Waals surface area contributed by atoms with Crippen molar-refractivity contribution in [1.29, 1.82) is 0 Å². The van der Waals surface area contributed by atoms with Gasteiger partial charge in [0.2, 0.25) is 12.0 Å². The minimum atomic E-state index is -0.351. The maximum atomic E-state index is 5.72. The fraction of sp³-hybridized carbons (Fsp3) is 0.444. The molecular weight excluding hydrogens is 194 g/mol. The van der Waals surface area contributed by atoms with E-state index >= 15 is 0 Å². The number of anilines is 2. The molecule has 1 radical (unpaired) electrons. The van der Waals surface area contributed by atoms with Crippen molar-refractivity contribution in [1.82, 2.24) is 15.0 Å². The average molecular weight is 207 g/mol. The molecule has 0 fully saturated rings. The van der Waals surface area contributed by atoms with E-state index in [2.05, 4.69) is 20.3 Å². The molecule has 3 N–H and O–H groups in total. The van der Waals surface area contributed by atoms with Gasteiger partial charge in [0.05, 0.1) is 0 Å². The number of nitrogen functional groups attached to an aromatic ring is 1. The fourth-order valence-corrected chi connectivity index (χ4v) is 1.15. The Morgan fingerprint density at radius 2 is 2.13 bits per heavy atom. The molecule has 6 heteroatoms. The first-order valence-corrected chi connectivity index (χ1v) is 4.61. The number of nitrogens with zero attached hydrogens (tertiary/aromatic N) is 3. The Morgan fingerprint density at radius 1 is 1.40 bits per heavy atom. The van der Waals surface area contributed by atoms with Crippen LogP contribution >= 0.6 is 0 Å². The highest BCUT2D eigenvalue weighted by Gasteiger charge is 2.26. The van der Waals surface area contributed by atoms with Crippen molar-refractivity contribution in [3.63, 3.8) is 0 Å². The van der Waals surface area contributed by atoms with Gasteiger partial charge in [-0.05, 0) is 25.8 Å². The predicted octanol–water partition coefficient (Wildman–Crippen LogP) is 0.657. The Hall–Kier alpha value is -1.85. The first-order chi connectivity index (χ1) is 6.96. The molecule has 0 bridgehead atoms. The van der Waals surface area contributed by atoms with E-state index in [-0.39, 0.29) is 11.6 Å². The van der Waals surface area contributed by atoms with Gasteiger partial charge in [0.1, 0.15) is 5.60 Å². The summed E-state index contributed by atoms with van der Waals surface area (Å²) in [6.45, 7) is 5.75. The Balaban J connectivity index is 2.35. The molecule has 0 unspecified atom stereocenters. The quantitative estimate of drug-likeness (QED) is 0.706. The monoisotopic (exact) mass is 207 g/mol. The molecule has 6 nitrogen and oxygen atoms in total. The number of aliphatic imine (C=N–C) groups is 1. The molecule has 1 aliphatic heterocycles. The lowest BCUT2D eigenvalue weighted by atomic mass is 10.2.